The molecule has 6 heteroatoms. The van der Waals surface area contributed by atoms with Crippen LogP contribution in [0.15, 0.2) is 45.6 Å². The van der Waals surface area contributed by atoms with Crippen LogP contribution in [0.3, 0.4) is 0 Å². The second-order valence-corrected chi connectivity index (χ2v) is 9.02. The summed E-state index contributed by atoms with van der Waals surface area (Å²) in [5, 5.41) is 0. The van der Waals surface area contributed by atoms with E-state index in [0.29, 0.717) is 12.1 Å². The minimum absolute atomic E-state index is 0.551. The minimum atomic E-state index is 0.551. The highest BCUT2D eigenvalue weighted by atomic mass is 79.9. The molecule has 2 heterocycles. The van der Waals surface area contributed by atoms with Gasteiger partial charge < -0.3 is 0 Å². The van der Waals surface area contributed by atoms with Crippen molar-refractivity contribution in [2.45, 2.75) is 50.9 Å². The van der Waals surface area contributed by atoms with Crippen LogP contribution in [0.5, 0.6) is 0 Å². The van der Waals surface area contributed by atoms with Crippen molar-refractivity contribution in [2.24, 2.45) is 0 Å². The number of hydrogen-bond acceptors (Lipinski definition) is 4. The zero-order valence-corrected chi connectivity index (χ0v) is 18.6. The van der Waals surface area contributed by atoms with E-state index < -0.39 is 0 Å². The Morgan fingerprint density at radius 3 is 1.58 bits per heavy atom. The van der Waals surface area contributed by atoms with Crippen LogP contribution in [0.4, 0.5) is 0 Å². The Labute approximate surface area is 173 Å². The monoisotopic (exact) mass is 480 g/mol. The van der Waals surface area contributed by atoms with E-state index in [0.717, 1.165) is 33.4 Å². The molecule has 2 aromatic heterocycles. The lowest BCUT2D eigenvalue weighted by Crippen LogP contribution is -2.50. The molecule has 0 N–H and O–H groups in total. The molecule has 0 aromatic carbocycles. The molecule has 140 valence electrons. The molecule has 1 aliphatic rings. The number of aromatic nitrogens is 2. The number of nitrogens with zero attached hydrogens (tertiary/aromatic N) is 4. The second kappa shape index (κ2) is 9.40. The molecule has 2 atom stereocenters. The fourth-order valence-electron chi connectivity index (χ4n) is 3.87. The summed E-state index contributed by atoms with van der Waals surface area (Å²) in [4.78, 5) is 14.0. The standard InChI is InChI=1S/C20H26Br2N4/c1-25(13-17-9-7-15(21)11-23-17)19-5-3-4-6-20(19)26(2)14-18-10-8-16(22)12-24-18/h7-12,19-20H,3-6,13-14H2,1-2H3. The Kier molecular flexibility index (Phi) is 7.20. The lowest BCUT2D eigenvalue weighted by molar-refractivity contribution is 0.0680. The van der Waals surface area contributed by atoms with Crippen molar-refractivity contribution in [1.29, 1.82) is 0 Å². The maximum absolute atomic E-state index is 4.54. The van der Waals surface area contributed by atoms with Crippen molar-refractivity contribution in [3.05, 3.63) is 57.0 Å². The van der Waals surface area contributed by atoms with E-state index in [1.165, 1.54) is 25.7 Å². The molecule has 0 aliphatic heterocycles. The van der Waals surface area contributed by atoms with Gasteiger partial charge in [-0.3, -0.25) is 19.8 Å². The highest BCUT2D eigenvalue weighted by molar-refractivity contribution is 9.10. The molecular formula is C20H26Br2N4. The summed E-state index contributed by atoms with van der Waals surface area (Å²) in [6, 6.07) is 9.45. The minimum Gasteiger partial charge on any atom is -0.296 e. The number of rotatable bonds is 6. The average Bonchev–Trinajstić information content (AvgIpc) is 2.65. The highest BCUT2D eigenvalue weighted by Crippen LogP contribution is 2.27. The summed E-state index contributed by atoms with van der Waals surface area (Å²) >= 11 is 6.92. The van der Waals surface area contributed by atoms with Gasteiger partial charge in [-0.15, -0.1) is 0 Å². The van der Waals surface area contributed by atoms with Gasteiger partial charge in [0.25, 0.3) is 0 Å². The van der Waals surface area contributed by atoms with E-state index in [1.807, 2.05) is 12.4 Å². The maximum atomic E-state index is 4.54. The van der Waals surface area contributed by atoms with E-state index >= 15 is 0 Å². The third-order valence-corrected chi connectivity index (χ3v) is 6.16. The maximum Gasteiger partial charge on any atom is 0.0544 e. The molecule has 2 aromatic rings. The predicted octanol–water partition coefficient (Wildman–Crippen LogP) is 4.88. The van der Waals surface area contributed by atoms with Gasteiger partial charge in [0.15, 0.2) is 0 Å². The topological polar surface area (TPSA) is 32.3 Å². The van der Waals surface area contributed by atoms with Gasteiger partial charge in [0.2, 0.25) is 0 Å². The van der Waals surface area contributed by atoms with Crippen molar-refractivity contribution >= 4 is 31.9 Å². The Morgan fingerprint density at radius 1 is 0.808 bits per heavy atom. The van der Waals surface area contributed by atoms with E-state index in [1.54, 1.807) is 0 Å². The van der Waals surface area contributed by atoms with Gasteiger partial charge in [-0.25, -0.2) is 0 Å². The van der Waals surface area contributed by atoms with Crippen LogP contribution >= 0.6 is 31.9 Å². The van der Waals surface area contributed by atoms with Crippen molar-refractivity contribution in [2.75, 3.05) is 14.1 Å². The Morgan fingerprint density at radius 2 is 1.23 bits per heavy atom. The molecule has 26 heavy (non-hydrogen) atoms. The van der Waals surface area contributed by atoms with Crippen LogP contribution in [-0.4, -0.2) is 45.9 Å². The average molecular weight is 482 g/mol. The van der Waals surface area contributed by atoms with Crippen LogP contribution < -0.4 is 0 Å². The van der Waals surface area contributed by atoms with Crippen LogP contribution in [0.2, 0.25) is 0 Å². The largest absolute Gasteiger partial charge is 0.296 e. The number of hydrogen-bond donors (Lipinski definition) is 0. The van der Waals surface area contributed by atoms with Crippen molar-refractivity contribution < 1.29 is 0 Å². The molecule has 0 bridgehead atoms. The molecule has 0 radical (unpaired) electrons. The molecule has 1 saturated carbocycles. The highest BCUT2D eigenvalue weighted by Gasteiger charge is 2.31. The Balaban J connectivity index is 1.65. The molecule has 0 spiro atoms. The second-order valence-electron chi connectivity index (χ2n) is 7.18. The molecule has 0 saturated heterocycles. The number of halogens is 2. The van der Waals surface area contributed by atoms with E-state index in [2.05, 4.69) is 90.0 Å². The van der Waals surface area contributed by atoms with E-state index in [-0.39, 0.29) is 0 Å². The van der Waals surface area contributed by atoms with Crippen LogP contribution in [-0.2, 0) is 13.1 Å². The molecular weight excluding hydrogens is 456 g/mol. The van der Waals surface area contributed by atoms with Gasteiger partial charge in [0, 0.05) is 46.5 Å². The first-order valence-electron chi connectivity index (χ1n) is 9.14. The van der Waals surface area contributed by atoms with Crippen molar-refractivity contribution in [3.63, 3.8) is 0 Å². The van der Waals surface area contributed by atoms with E-state index in [4.69, 9.17) is 0 Å². The first-order valence-corrected chi connectivity index (χ1v) is 10.7. The summed E-state index contributed by atoms with van der Waals surface area (Å²) < 4.78 is 2.06. The zero-order chi connectivity index (χ0) is 18.5. The number of pyridine rings is 2. The van der Waals surface area contributed by atoms with Crippen LogP contribution in [0.25, 0.3) is 0 Å². The normalized spacial score (nSPS) is 20.7. The molecule has 0 amide bonds. The SMILES string of the molecule is CN(Cc1ccc(Br)cn1)C1CCCCC1N(C)Cc1ccc(Br)cn1. The number of likely N-dealkylation sites (N-methyl/N-ethyl adjacent to an activating group) is 2. The summed E-state index contributed by atoms with van der Waals surface area (Å²) in [6.45, 7) is 1.78. The van der Waals surface area contributed by atoms with Gasteiger partial charge in [-0.05, 0) is 83.1 Å². The van der Waals surface area contributed by atoms with E-state index in [9.17, 15) is 0 Å². The zero-order valence-electron chi connectivity index (χ0n) is 15.4. The Hall–Kier alpha value is -0.820. The third kappa shape index (κ3) is 5.35. The molecule has 2 unspecified atom stereocenters. The van der Waals surface area contributed by atoms with Crippen LogP contribution in [0.1, 0.15) is 37.1 Å². The van der Waals surface area contributed by atoms with Gasteiger partial charge in [0.05, 0.1) is 11.4 Å². The Bertz CT molecular complexity index is 628. The lowest BCUT2D eigenvalue weighted by atomic mass is 9.88. The summed E-state index contributed by atoms with van der Waals surface area (Å²) in [5.41, 5.74) is 2.24. The lowest BCUT2D eigenvalue weighted by Gasteiger charge is -2.42. The molecule has 4 nitrogen and oxygen atoms in total. The fourth-order valence-corrected chi connectivity index (χ4v) is 4.33. The molecule has 1 aliphatic carbocycles. The third-order valence-electron chi connectivity index (χ3n) is 5.23. The van der Waals surface area contributed by atoms with Gasteiger partial charge >= 0.3 is 0 Å². The first-order chi connectivity index (χ1) is 12.5. The van der Waals surface area contributed by atoms with Crippen molar-refractivity contribution in [3.8, 4) is 0 Å². The first kappa shape index (κ1) is 19.9. The van der Waals surface area contributed by atoms with Gasteiger partial charge in [-0.2, -0.15) is 0 Å². The summed E-state index contributed by atoms with van der Waals surface area (Å²) in [5.74, 6) is 0. The predicted molar refractivity (Wildman–Crippen MR) is 113 cm³/mol. The summed E-state index contributed by atoms with van der Waals surface area (Å²) in [6.07, 6.45) is 8.87. The van der Waals surface area contributed by atoms with Crippen LogP contribution in [0, 0.1) is 0 Å². The molecule has 1 fully saturated rings. The van der Waals surface area contributed by atoms with Gasteiger partial charge in [0.1, 0.15) is 0 Å². The molecule has 3 rings (SSSR count). The fraction of sp³-hybridized carbons (Fsp3) is 0.500. The van der Waals surface area contributed by atoms with Crippen molar-refractivity contribution in [1.82, 2.24) is 19.8 Å². The quantitative estimate of drug-likeness (QED) is 0.588. The summed E-state index contributed by atoms with van der Waals surface area (Å²) in [7, 11) is 4.47. The smallest absolute Gasteiger partial charge is 0.0544 e. The van der Waals surface area contributed by atoms with Gasteiger partial charge in [-0.1, -0.05) is 12.8 Å².